The Bertz CT molecular complexity index is 420. The molecule has 0 radical (unpaired) electrons. The summed E-state index contributed by atoms with van der Waals surface area (Å²) < 4.78 is 0. The maximum atomic E-state index is 11.8. The molecule has 0 bridgehead atoms. The van der Waals surface area contributed by atoms with E-state index in [0.29, 0.717) is 6.54 Å². The van der Waals surface area contributed by atoms with Crippen molar-refractivity contribution in [3.63, 3.8) is 0 Å². The first-order valence-electron chi connectivity index (χ1n) is 6.44. The first kappa shape index (κ1) is 15.2. The normalized spacial score (nSPS) is 13.4. The topological polar surface area (TPSA) is 70.2 Å². The fraction of sp³-hybridized carbons (Fsp3) is 0.429. The van der Waals surface area contributed by atoms with Crippen LogP contribution in [0.25, 0.3) is 0 Å². The number of urea groups is 1. The zero-order valence-corrected chi connectivity index (χ0v) is 11.6. The molecule has 19 heavy (non-hydrogen) atoms. The van der Waals surface area contributed by atoms with E-state index < -0.39 is 12.1 Å². The lowest BCUT2D eigenvalue weighted by molar-refractivity contribution is -0.121. The number of amides is 3. The van der Waals surface area contributed by atoms with Crippen molar-refractivity contribution in [1.29, 1.82) is 0 Å². The van der Waals surface area contributed by atoms with E-state index >= 15 is 0 Å². The fourth-order valence-electron chi connectivity index (χ4n) is 1.71. The summed E-state index contributed by atoms with van der Waals surface area (Å²) in [5.41, 5.74) is 1.10. The minimum Gasteiger partial charge on any atom is -0.338 e. The zero-order valence-electron chi connectivity index (χ0n) is 11.6. The highest BCUT2D eigenvalue weighted by atomic mass is 16.2. The second-order valence-corrected chi connectivity index (χ2v) is 4.37. The molecule has 5 heteroatoms. The van der Waals surface area contributed by atoms with Crippen LogP contribution in [0.2, 0.25) is 0 Å². The molecule has 5 nitrogen and oxygen atoms in total. The molecule has 0 saturated heterocycles. The monoisotopic (exact) mass is 263 g/mol. The van der Waals surface area contributed by atoms with Gasteiger partial charge in [0.05, 0.1) is 6.04 Å². The van der Waals surface area contributed by atoms with Crippen molar-refractivity contribution >= 4 is 11.9 Å². The van der Waals surface area contributed by atoms with Gasteiger partial charge in [0.25, 0.3) is 0 Å². The Balaban J connectivity index is 2.48. The third-order valence-corrected chi connectivity index (χ3v) is 2.77. The highest BCUT2D eigenvalue weighted by Gasteiger charge is 2.17. The van der Waals surface area contributed by atoms with Gasteiger partial charge in [-0.1, -0.05) is 30.3 Å². The smallest absolute Gasteiger partial charge is 0.321 e. The number of carbonyl (C=O) groups is 2. The van der Waals surface area contributed by atoms with E-state index in [2.05, 4.69) is 16.0 Å². The van der Waals surface area contributed by atoms with Crippen molar-refractivity contribution in [2.24, 2.45) is 0 Å². The summed E-state index contributed by atoms with van der Waals surface area (Å²) >= 11 is 0. The summed E-state index contributed by atoms with van der Waals surface area (Å²) in [7, 11) is 0. The minimum absolute atomic E-state index is 0.0381. The third kappa shape index (κ3) is 5.09. The van der Waals surface area contributed by atoms with Crippen molar-refractivity contribution in [2.75, 3.05) is 6.54 Å². The molecule has 0 fully saturated rings. The molecule has 1 unspecified atom stereocenters. The molecule has 1 aromatic rings. The van der Waals surface area contributed by atoms with E-state index in [1.165, 1.54) is 0 Å². The maximum absolute atomic E-state index is 11.8. The largest absolute Gasteiger partial charge is 0.338 e. The van der Waals surface area contributed by atoms with E-state index in [4.69, 9.17) is 0 Å². The highest BCUT2D eigenvalue weighted by molar-refractivity contribution is 5.96. The number of benzene rings is 1. The lowest BCUT2D eigenvalue weighted by Crippen LogP contribution is -2.48. The molecule has 0 aromatic heterocycles. The molecule has 0 aliphatic rings. The average molecular weight is 263 g/mol. The zero-order chi connectivity index (χ0) is 14.3. The Morgan fingerprint density at radius 3 is 2.37 bits per heavy atom. The summed E-state index contributed by atoms with van der Waals surface area (Å²) in [6, 6.07) is 8.96. The third-order valence-electron chi connectivity index (χ3n) is 2.77. The Hall–Kier alpha value is -1.88. The lowest BCUT2D eigenvalue weighted by Gasteiger charge is -2.19. The van der Waals surface area contributed by atoms with Crippen molar-refractivity contribution in [3.05, 3.63) is 35.9 Å². The molecule has 0 heterocycles. The van der Waals surface area contributed by atoms with Crippen molar-refractivity contribution in [2.45, 2.75) is 32.9 Å². The summed E-state index contributed by atoms with van der Waals surface area (Å²) in [5, 5.41) is 7.95. The SMILES string of the molecule is CCNC(=O)NC(=O)C(C)N[C@H](C)c1ccccc1. The van der Waals surface area contributed by atoms with Crippen LogP contribution < -0.4 is 16.0 Å². The van der Waals surface area contributed by atoms with Crippen LogP contribution in [-0.4, -0.2) is 24.5 Å². The van der Waals surface area contributed by atoms with Crippen molar-refractivity contribution < 1.29 is 9.59 Å². The molecule has 3 N–H and O–H groups in total. The molecular formula is C14H21N3O2. The quantitative estimate of drug-likeness (QED) is 0.755. The molecule has 1 rings (SSSR count). The van der Waals surface area contributed by atoms with Gasteiger partial charge in [-0.3, -0.25) is 15.4 Å². The predicted octanol–water partition coefficient (Wildman–Crippen LogP) is 1.57. The second kappa shape index (κ2) is 7.53. The Morgan fingerprint density at radius 1 is 1.16 bits per heavy atom. The molecule has 1 aromatic carbocycles. The summed E-state index contributed by atoms with van der Waals surface area (Å²) in [6.45, 7) is 5.99. The molecule has 104 valence electrons. The number of carbonyl (C=O) groups excluding carboxylic acids is 2. The van der Waals surface area contributed by atoms with Gasteiger partial charge in [0, 0.05) is 12.6 Å². The number of hydrogen-bond acceptors (Lipinski definition) is 3. The van der Waals surface area contributed by atoms with Gasteiger partial charge in [-0.2, -0.15) is 0 Å². The Labute approximate surface area is 113 Å². The molecule has 0 spiro atoms. The first-order chi connectivity index (χ1) is 9.04. The fourth-order valence-corrected chi connectivity index (χ4v) is 1.71. The van der Waals surface area contributed by atoms with E-state index in [-0.39, 0.29) is 11.9 Å². The summed E-state index contributed by atoms with van der Waals surface area (Å²) in [5.74, 6) is -0.339. The Kier molecular flexibility index (Phi) is 6.02. The van der Waals surface area contributed by atoms with Crippen LogP contribution in [0.5, 0.6) is 0 Å². The molecular weight excluding hydrogens is 242 g/mol. The average Bonchev–Trinajstić information content (AvgIpc) is 2.39. The molecule has 0 saturated carbocycles. The van der Waals surface area contributed by atoms with Crippen LogP contribution in [-0.2, 0) is 4.79 Å². The van der Waals surface area contributed by atoms with Crippen LogP contribution in [0.4, 0.5) is 4.79 Å². The number of rotatable bonds is 5. The van der Waals surface area contributed by atoms with Crippen LogP contribution >= 0.6 is 0 Å². The summed E-state index contributed by atoms with van der Waals surface area (Å²) in [6.07, 6.45) is 0. The standard InChI is InChI=1S/C14H21N3O2/c1-4-15-14(19)17-13(18)11(3)16-10(2)12-8-6-5-7-9-12/h5-11,16H,4H2,1-3H3,(H2,15,17,18,19)/t10-,11?/m1/s1. The molecule has 2 atom stereocenters. The number of imide groups is 1. The number of hydrogen-bond donors (Lipinski definition) is 3. The van der Waals surface area contributed by atoms with E-state index in [1.54, 1.807) is 13.8 Å². The van der Waals surface area contributed by atoms with Crippen LogP contribution in [0.3, 0.4) is 0 Å². The maximum Gasteiger partial charge on any atom is 0.321 e. The summed E-state index contributed by atoms with van der Waals surface area (Å²) in [4.78, 5) is 23.0. The van der Waals surface area contributed by atoms with Gasteiger partial charge in [-0.05, 0) is 26.3 Å². The predicted molar refractivity (Wildman–Crippen MR) is 74.7 cm³/mol. The van der Waals surface area contributed by atoms with Gasteiger partial charge in [-0.15, -0.1) is 0 Å². The Morgan fingerprint density at radius 2 is 1.79 bits per heavy atom. The van der Waals surface area contributed by atoms with Crippen LogP contribution in [0, 0.1) is 0 Å². The van der Waals surface area contributed by atoms with Gasteiger partial charge in [0.2, 0.25) is 5.91 Å². The second-order valence-electron chi connectivity index (χ2n) is 4.37. The first-order valence-corrected chi connectivity index (χ1v) is 6.44. The highest BCUT2D eigenvalue weighted by Crippen LogP contribution is 2.11. The minimum atomic E-state index is -0.464. The lowest BCUT2D eigenvalue weighted by atomic mass is 10.1. The van der Waals surface area contributed by atoms with Crippen molar-refractivity contribution in [3.8, 4) is 0 Å². The van der Waals surface area contributed by atoms with Gasteiger partial charge in [0.1, 0.15) is 0 Å². The van der Waals surface area contributed by atoms with E-state index in [9.17, 15) is 9.59 Å². The van der Waals surface area contributed by atoms with Gasteiger partial charge in [-0.25, -0.2) is 4.79 Å². The van der Waals surface area contributed by atoms with Crippen LogP contribution in [0.1, 0.15) is 32.4 Å². The van der Waals surface area contributed by atoms with Crippen LogP contribution in [0.15, 0.2) is 30.3 Å². The molecule has 0 aliphatic carbocycles. The van der Waals surface area contributed by atoms with Gasteiger partial charge in [0.15, 0.2) is 0 Å². The molecule has 0 aliphatic heterocycles. The number of nitrogens with one attached hydrogen (secondary N) is 3. The van der Waals surface area contributed by atoms with E-state index in [1.807, 2.05) is 37.3 Å². The van der Waals surface area contributed by atoms with E-state index in [0.717, 1.165) is 5.56 Å². The van der Waals surface area contributed by atoms with Crippen molar-refractivity contribution in [1.82, 2.24) is 16.0 Å². The van der Waals surface area contributed by atoms with Gasteiger partial charge >= 0.3 is 6.03 Å². The van der Waals surface area contributed by atoms with Gasteiger partial charge < -0.3 is 5.32 Å². The molecule has 3 amide bonds.